The van der Waals surface area contributed by atoms with Crippen molar-refractivity contribution in [3.63, 3.8) is 0 Å². The maximum absolute atomic E-state index is 13.3. The number of carbonyl (C=O) groups is 2. The number of benzene rings is 1. The number of methoxy groups -OCH3 is 1. The number of nitrogens with one attached hydrogen (secondary N) is 1. The summed E-state index contributed by atoms with van der Waals surface area (Å²) in [7, 11) is 1.27. The lowest BCUT2D eigenvalue weighted by atomic mass is 9.80. The molecule has 0 aromatic heterocycles. The number of nitrogens with two attached hydrogens (primary N) is 1. The van der Waals surface area contributed by atoms with Crippen LogP contribution in [0.4, 0.5) is 4.39 Å². The smallest absolute Gasteiger partial charge is 0.336 e. The summed E-state index contributed by atoms with van der Waals surface area (Å²) in [5, 5.41) is 3.02. The van der Waals surface area contributed by atoms with E-state index in [2.05, 4.69) is 5.32 Å². The number of esters is 2. The molecule has 0 bridgehead atoms. The summed E-state index contributed by atoms with van der Waals surface area (Å²) in [5.74, 6) is -2.29. The summed E-state index contributed by atoms with van der Waals surface area (Å²) in [6, 6.07) is 5.62. The van der Waals surface area contributed by atoms with Gasteiger partial charge in [0.25, 0.3) is 0 Å². The highest BCUT2D eigenvalue weighted by Crippen LogP contribution is 2.39. The quantitative estimate of drug-likeness (QED) is 0.788. The van der Waals surface area contributed by atoms with Gasteiger partial charge in [-0.1, -0.05) is 12.1 Å². The Bertz CT molecular complexity index is 738. The molecule has 0 saturated heterocycles. The van der Waals surface area contributed by atoms with Crippen molar-refractivity contribution in [3.05, 3.63) is 58.2 Å². The third-order valence-electron chi connectivity index (χ3n) is 3.94. The summed E-state index contributed by atoms with van der Waals surface area (Å²) >= 11 is 0. The van der Waals surface area contributed by atoms with E-state index in [0.717, 1.165) is 0 Å². The van der Waals surface area contributed by atoms with Crippen molar-refractivity contribution in [2.75, 3.05) is 20.3 Å². The molecule has 1 aromatic carbocycles. The summed E-state index contributed by atoms with van der Waals surface area (Å²) in [5.41, 5.74) is 7.64. The van der Waals surface area contributed by atoms with Crippen LogP contribution in [0.25, 0.3) is 0 Å². The fourth-order valence-electron chi connectivity index (χ4n) is 2.86. The molecule has 1 aliphatic heterocycles. The largest absolute Gasteiger partial charge is 0.466 e. The van der Waals surface area contributed by atoms with Crippen LogP contribution < -0.4 is 11.1 Å². The molecule has 1 aliphatic rings. The molecule has 25 heavy (non-hydrogen) atoms. The number of carbonyl (C=O) groups excluding carboxylic acids is 2. The van der Waals surface area contributed by atoms with Gasteiger partial charge in [-0.3, -0.25) is 0 Å². The lowest BCUT2D eigenvalue weighted by Gasteiger charge is -2.30. The molecule has 6 nitrogen and oxygen atoms in total. The summed E-state index contributed by atoms with van der Waals surface area (Å²) in [6.07, 6.45) is 0. The van der Waals surface area contributed by atoms with E-state index in [0.29, 0.717) is 17.0 Å². The van der Waals surface area contributed by atoms with Gasteiger partial charge < -0.3 is 20.5 Å². The van der Waals surface area contributed by atoms with Gasteiger partial charge in [-0.25, -0.2) is 14.0 Å². The van der Waals surface area contributed by atoms with Crippen LogP contribution in [0, 0.1) is 5.82 Å². The molecule has 2 rings (SSSR count). The molecular formula is C18H21FN2O4. The van der Waals surface area contributed by atoms with E-state index in [1.54, 1.807) is 13.8 Å². The van der Waals surface area contributed by atoms with Crippen molar-refractivity contribution < 1.29 is 23.5 Å². The van der Waals surface area contributed by atoms with Gasteiger partial charge in [-0.15, -0.1) is 0 Å². The van der Waals surface area contributed by atoms with E-state index in [1.165, 1.54) is 31.4 Å². The molecule has 1 unspecified atom stereocenters. The predicted molar refractivity (Wildman–Crippen MR) is 89.7 cm³/mol. The van der Waals surface area contributed by atoms with Gasteiger partial charge >= 0.3 is 11.9 Å². The first-order chi connectivity index (χ1) is 11.9. The molecule has 1 aromatic rings. The molecule has 134 valence electrons. The first kappa shape index (κ1) is 18.7. The van der Waals surface area contributed by atoms with Crippen LogP contribution in [0.5, 0.6) is 0 Å². The third-order valence-corrected chi connectivity index (χ3v) is 3.94. The summed E-state index contributed by atoms with van der Waals surface area (Å²) in [6.45, 7) is 3.68. The Hall–Kier alpha value is -2.67. The highest BCUT2D eigenvalue weighted by molar-refractivity contribution is 5.99. The molecule has 1 atom stereocenters. The minimum Gasteiger partial charge on any atom is -0.466 e. The van der Waals surface area contributed by atoms with Crippen molar-refractivity contribution >= 4 is 11.9 Å². The van der Waals surface area contributed by atoms with Crippen LogP contribution in [0.15, 0.2) is 46.8 Å². The van der Waals surface area contributed by atoms with Gasteiger partial charge in [-0.2, -0.15) is 0 Å². The molecule has 0 amide bonds. The van der Waals surface area contributed by atoms with Crippen molar-refractivity contribution in [2.24, 2.45) is 5.73 Å². The molecule has 0 saturated carbocycles. The first-order valence-corrected chi connectivity index (χ1v) is 7.80. The van der Waals surface area contributed by atoms with Crippen molar-refractivity contribution in [1.82, 2.24) is 5.32 Å². The maximum Gasteiger partial charge on any atom is 0.336 e. The Morgan fingerprint density at radius 1 is 1.12 bits per heavy atom. The number of dihydropyridines is 1. The molecule has 0 spiro atoms. The number of rotatable bonds is 5. The van der Waals surface area contributed by atoms with Crippen LogP contribution in [0.1, 0.15) is 25.3 Å². The molecule has 0 aliphatic carbocycles. The lowest BCUT2D eigenvalue weighted by Crippen LogP contribution is -2.32. The number of ether oxygens (including phenoxy) is 2. The molecule has 3 N–H and O–H groups in total. The van der Waals surface area contributed by atoms with Crippen LogP contribution >= 0.6 is 0 Å². The number of hydrogen-bond acceptors (Lipinski definition) is 6. The zero-order valence-electron chi connectivity index (χ0n) is 14.4. The minimum atomic E-state index is -0.723. The van der Waals surface area contributed by atoms with E-state index < -0.39 is 23.7 Å². The van der Waals surface area contributed by atoms with E-state index in [4.69, 9.17) is 15.2 Å². The van der Waals surface area contributed by atoms with Gasteiger partial charge in [-0.05, 0) is 31.5 Å². The van der Waals surface area contributed by atoms with Crippen LogP contribution in [-0.4, -0.2) is 32.2 Å². The second-order valence-corrected chi connectivity index (χ2v) is 5.60. The fraction of sp³-hybridized carbons (Fsp3) is 0.333. The Kier molecular flexibility index (Phi) is 5.93. The Morgan fingerprint density at radius 3 is 2.20 bits per heavy atom. The van der Waals surface area contributed by atoms with Gasteiger partial charge in [0.2, 0.25) is 0 Å². The zero-order valence-corrected chi connectivity index (χ0v) is 14.4. The van der Waals surface area contributed by atoms with E-state index in [9.17, 15) is 14.0 Å². The average Bonchev–Trinajstić information content (AvgIpc) is 2.59. The van der Waals surface area contributed by atoms with Gasteiger partial charge in [0, 0.05) is 17.9 Å². The maximum atomic E-state index is 13.3. The van der Waals surface area contributed by atoms with Gasteiger partial charge in [0.05, 0.1) is 24.2 Å². The molecule has 1 heterocycles. The lowest BCUT2D eigenvalue weighted by molar-refractivity contribution is -0.139. The number of hydrogen-bond donors (Lipinski definition) is 2. The third kappa shape index (κ3) is 3.88. The van der Waals surface area contributed by atoms with Crippen LogP contribution in [-0.2, 0) is 19.1 Å². The monoisotopic (exact) mass is 348 g/mol. The summed E-state index contributed by atoms with van der Waals surface area (Å²) in [4.78, 5) is 24.9. The number of halogens is 1. The highest BCUT2D eigenvalue weighted by atomic mass is 19.1. The molecule has 7 heteroatoms. The standard InChI is InChI=1S/C18H21FN2O4/c1-10-14(17(22)24-3)16(12-4-6-13(19)7-5-12)15(11(2)21-10)18(23)25-9-8-20/h4-7,16,21H,8-9,20H2,1-3H3. The number of allylic oxidation sites excluding steroid dienone is 2. The Morgan fingerprint density at radius 2 is 1.68 bits per heavy atom. The van der Waals surface area contributed by atoms with Crippen molar-refractivity contribution in [3.8, 4) is 0 Å². The van der Waals surface area contributed by atoms with E-state index in [-0.39, 0.29) is 24.3 Å². The van der Waals surface area contributed by atoms with Crippen LogP contribution in [0.3, 0.4) is 0 Å². The molecular weight excluding hydrogens is 327 g/mol. The van der Waals surface area contributed by atoms with Crippen molar-refractivity contribution in [1.29, 1.82) is 0 Å². The Labute approximate surface area is 145 Å². The second-order valence-electron chi connectivity index (χ2n) is 5.60. The predicted octanol–water partition coefficient (Wildman–Crippen LogP) is 1.74. The van der Waals surface area contributed by atoms with Gasteiger partial charge in [0.1, 0.15) is 12.4 Å². The van der Waals surface area contributed by atoms with Crippen molar-refractivity contribution in [2.45, 2.75) is 19.8 Å². The first-order valence-electron chi connectivity index (χ1n) is 7.80. The highest BCUT2D eigenvalue weighted by Gasteiger charge is 2.37. The normalized spacial score (nSPS) is 17.2. The van der Waals surface area contributed by atoms with Crippen LogP contribution in [0.2, 0.25) is 0 Å². The SMILES string of the molecule is COC(=O)C1=C(C)NC(C)=C(C(=O)OCCN)C1c1ccc(F)cc1. The van der Waals surface area contributed by atoms with E-state index >= 15 is 0 Å². The fourth-order valence-corrected chi connectivity index (χ4v) is 2.86. The Balaban J connectivity index is 2.58. The minimum absolute atomic E-state index is 0.0575. The zero-order chi connectivity index (χ0) is 18.6. The summed E-state index contributed by atoms with van der Waals surface area (Å²) < 4.78 is 23.4. The molecule has 0 fully saturated rings. The second kappa shape index (κ2) is 7.94. The van der Waals surface area contributed by atoms with E-state index in [1.807, 2.05) is 0 Å². The topological polar surface area (TPSA) is 90.6 Å². The average molecular weight is 348 g/mol. The van der Waals surface area contributed by atoms with Gasteiger partial charge in [0.15, 0.2) is 0 Å². The molecule has 0 radical (unpaired) electrons.